The van der Waals surface area contributed by atoms with E-state index in [2.05, 4.69) is 15.9 Å². The van der Waals surface area contributed by atoms with Crippen molar-refractivity contribution in [1.82, 2.24) is 0 Å². The molecule has 1 atom stereocenters. The topological polar surface area (TPSA) is 0 Å². The highest BCUT2D eigenvalue weighted by Crippen LogP contribution is 2.31. The van der Waals surface area contributed by atoms with E-state index in [0.29, 0.717) is 5.56 Å². The first kappa shape index (κ1) is 11.6. The maximum absolute atomic E-state index is 12.8. The molecular formula is C11H13BrF2. The molecule has 0 N–H and O–H groups in total. The van der Waals surface area contributed by atoms with Gasteiger partial charge in [-0.15, -0.1) is 0 Å². The van der Waals surface area contributed by atoms with Gasteiger partial charge in [-0.3, -0.25) is 0 Å². The molecule has 0 amide bonds. The summed E-state index contributed by atoms with van der Waals surface area (Å²) in [5.74, 6) is -0.725. The molecule has 0 spiro atoms. The van der Waals surface area contributed by atoms with E-state index in [4.69, 9.17) is 0 Å². The third-order valence-electron chi connectivity index (χ3n) is 2.22. The van der Waals surface area contributed by atoms with Gasteiger partial charge in [0.2, 0.25) is 6.43 Å². The molecular weight excluding hydrogens is 250 g/mol. The largest absolute Gasteiger partial charge is 0.245 e. The lowest BCUT2D eigenvalue weighted by atomic mass is 9.89. The van der Waals surface area contributed by atoms with Crippen molar-refractivity contribution >= 4 is 15.9 Å². The van der Waals surface area contributed by atoms with Gasteiger partial charge in [0.1, 0.15) is 0 Å². The molecule has 1 aromatic rings. The maximum Gasteiger partial charge on any atom is 0.245 e. The Bertz CT molecular complexity index is 289. The Hall–Kier alpha value is -0.440. The summed E-state index contributed by atoms with van der Waals surface area (Å²) in [6.45, 7) is 3.63. The molecule has 0 saturated carbocycles. The van der Waals surface area contributed by atoms with Crippen LogP contribution in [-0.4, -0.2) is 6.43 Å². The molecule has 0 aromatic heterocycles. The van der Waals surface area contributed by atoms with Crippen molar-refractivity contribution in [2.24, 2.45) is 5.92 Å². The fourth-order valence-electron chi connectivity index (χ4n) is 1.54. The zero-order chi connectivity index (χ0) is 10.7. The zero-order valence-corrected chi connectivity index (χ0v) is 9.76. The van der Waals surface area contributed by atoms with E-state index in [-0.39, 0.29) is 5.92 Å². The van der Waals surface area contributed by atoms with Gasteiger partial charge in [-0.05, 0) is 23.6 Å². The minimum atomic E-state index is -2.30. The fraction of sp³-hybridized carbons (Fsp3) is 0.455. The number of alkyl halides is 2. The standard InChI is InChI=1S/C11H13BrF2/c1-7(2)10(11(13)14)8-4-3-5-9(12)6-8/h3-7,10-11H,1-2H3. The summed E-state index contributed by atoms with van der Waals surface area (Å²) in [4.78, 5) is 0. The van der Waals surface area contributed by atoms with Crippen LogP contribution in [-0.2, 0) is 0 Å². The number of benzene rings is 1. The maximum atomic E-state index is 12.8. The van der Waals surface area contributed by atoms with Crippen molar-refractivity contribution in [3.8, 4) is 0 Å². The van der Waals surface area contributed by atoms with Crippen LogP contribution in [0, 0.1) is 5.92 Å². The van der Waals surface area contributed by atoms with E-state index in [1.165, 1.54) is 0 Å². The molecule has 0 bridgehead atoms. The molecule has 0 saturated heterocycles. The predicted molar refractivity (Wildman–Crippen MR) is 57.7 cm³/mol. The van der Waals surface area contributed by atoms with Crippen LogP contribution in [0.4, 0.5) is 8.78 Å². The van der Waals surface area contributed by atoms with Crippen molar-refractivity contribution in [2.45, 2.75) is 26.2 Å². The second-order valence-corrected chi connectivity index (χ2v) is 4.57. The van der Waals surface area contributed by atoms with Crippen molar-refractivity contribution in [2.75, 3.05) is 0 Å². The van der Waals surface area contributed by atoms with E-state index in [9.17, 15) is 8.78 Å². The zero-order valence-electron chi connectivity index (χ0n) is 8.18. The second kappa shape index (κ2) is 4.87. The number of hydrogen-bond acceptors (Lipinski definition) is 0. The monoisotopic (exact) mass is 262 g/mol. The summed E-state index contributed by atoms with van der Waals surface area (Å²) < 4.78 is 26.4. The molecule has 1 aromatic carbocycles. The Morgan fingerprint density at radius 2 is 1.86 bits per heavy atom. The van der Waals surface area contributed by atoms with E-state index in [0.717, 1.165) is 4.47 Å². The summed E-state index contributed by atoms with van der Waals surface area (Å²) in [7, 11) is 0. The van der Waals surface area contributed by atoms with E-state index in [1.54, 1.807) is 18.2 Å². The molecule has 0 aliphatic carbocycles. The molecule has 0 heterocycles. The molecule has 14 heavy (non-hydrogen) atoms. The first-order valence-corrected chi connectivity index (χ1v) is 5.35. The van der Waals surface area contributed by atoms with Crippen LogP contribution in [0.25, 0.3) is 0 Å². The van der Waals surface area contributed by atoms with Gasteiger partial charge in [0.05, 0.1) is 0 Å². The van der Waals surface area contributed by atoms with Gasteiger partial charge in [0.25, 0.3) is 0 Å². The lowest BCUT2D eigenvalue weighted by Crippen LogP contribution is -2.15. The van der Waals surface area contributed by atoms with Gasteiger partial charge in [-0.1, -0.05) is 41.9 Å². The van der Waals surface area contributed by atoms with Gasteiger partial charge >= 0.3 is 0 Å². The third kappa shape index (κ3) is 2.77. The van der Waals surface area contributed by atoms with Crippen LogP contribution in [0.3, 0.4) is 0 Å². The summed E-state index contributed by atoms with van der Waals surface area (Å²) in [6, 6.07) is 7.14. The van der Waals surface area contributed by atoms with Crippen molar-refractivity contribution in [3.05, 3.63) is 34.3 Å². The van der Waals surface area contributed by atoms with Crippen LogP contribution in [0.15, 0.2) is 28.7 Å². The first-order valence-electron chi connectivity index (χ1n) is 4.56. The predicted octanol–water partition coefficient (Wildman–Crippen LogP) is 4.45. The van der Waals surface area contributed by atoms with Gasteiger partial charge in [-0.2, -0.15) is 0 Å². The quantitative estimate of drug-likeness (QED) is 0.755. The molecule has 0 aliphatic rings. The molecule has 1 unspecified atom stereocenters. The van der Waals surface area contributed by atoms with E-state index >= 15 is 0 Å². The Morgan fingerprint density at radius 3 is 2.29 bits per heavy atom. The van der Waals surface area contributed by atoms with Crippen molar-refractivity contribution in [3.63, 3.8) is 0 Å². The Morgan fingerprint density at radius 1 is 1.21 bits per heavy atom. The Labute approximate surface area is 91.5 Å². The third-order valence-corrected chi connectivity index (χ3v) is 2.72. The first-order chi connectivity index (χ1) is 6.52. The SMILES string of the molecule is CC(C)C(c1cccc(Br)c1)C(F)F. The highest BCUT2D eigenvalue weighted by Gasteiger charge is 2.25. The van der Waals surface area contributed by atoms with Gasteiger partial charge in [0.15, 0.2) is 0 Å². The smallest absolute Gasteiger partial charge is 0.210 e. The van der Waals surface area contributed by atoms with Crippen molar-refractivity contribution < 1.29 is 8.78 Å². The minimum absolute atomic E-state index is 0.0516. The molecule has 1 rings (SSSR count). The van der Waals surface area contributed by atoms with Gasteiger partial charge in [0, 0.05) is 10.4 Å². The molecule has 0 radical (unpaired) electrons. The summed E-state index contributed by atoms with van der Waals surface area (Å²) in [5, 5.41) is 0. The average Bonchev–Trinajstić information content (AvgIpc) is 2.02. The second-order valence-electron chi connectivity index (χ2n) is 3.66. The van der Waals surface area contributed by atoms with E-state index in [1.807, 2.05) is 19.9 Å². The van der Waals surface area contributed by atoms with Crippen LogP contribution >= 0.6 is 15.9 Å². The Kier molecular flexibility index (Phi) is 4.05. The van der Waals surface area contributed by atoms with Crippen LogP contribution in [0.1, 0.15) is 25.3 Å². The Balaban J connectivity index is 2.99. The summed E-state index contributed by atoms with van der Waals surface area (Å²) in [6.07, 6.45) is -2.30. The van der Waals surface area contributed by atoms with Gasteiger partial charge < -0.3 is 0 Å². The number of rotatable bonds is 3. The summed E-state index contributed by atoms with van der Waals surface area (Å²) in [5.41, 5.74) is 0.698. The molecule has 0 aliphatic heterocycles. The lowest BCUT2D eigenvalue weighted by Gasteiger charge is -2.20. The normalized spacial score (nSPS) is 13.6. The molecule has 78 valence electrons. The lowest BCUT2D eigenvalue weighted by molar-refractivity contribution is 0.0934. The number of hydrogen-bond donors (Lipinski definition) is 0. The highest BCUT2D eigenvalue weighted by molar-refractivity contribution is 9.10. The van der Waals surface area contributed by atoms with E-state index < -0.39 is 12.3 Å². The molecule has 0 fully saturated rings. The highest BCUT2D eigenvalue weighted by atomic mass is 79.9. The fourth-order valence-corrected chi connectivity index (χ4v) is 1.95. The summed E-state index contributed by atoms with van der Waals surface area (Å²) >= 11 is 3.28. The van der Waals surface area contributed by atoms with Crippen LogP contribution in [0.2, 0.25) is 0 Å². The molecule has 3 heteroatoms. The number of halogens is 3. The van der Waals surface area contributed by atoms with Crippen molar-refractivity contribution in [1.29, 1.82) is 0 Å². The van der Waals surface area contributed by atoms with Crippen LogP contribution in [0.5, 0.6) is 0 Å². The molecule has 0 nitrogen and oxygen atoms in total. The van der Waals surface area contributed by atoms with Gasteiger partial charge in [-0.25, -0.2) is 8.78 Å². The average molecular weight is 263 g/mol. The van der Waals surface area contributed by atoms with Crippen LogP contribution < -0.4 is 0 Å². The minimum Gasteiger partial charge on any atom is -0.210 e.